The zero-order valence-electron chi connectivity index (χ0n) is 14.8. The molecular weight excluding hydrogens is 358 g/mol. The lowest BCUT2D eigenvalue weighted by molar-refractivity contribution is 0.410. The van der Waals surface area contributed by atoms with Crippen molar-refractivity contribution in [1.82, 2.24) is 9.97 Å². The van der Waals surface area contributed by atoms with E-state index in [0.29, 0.717) is 17.4 Å². The normalized spacial score (nSPS) is 10.7. The number of para-hydroxylation sites is 2. The Morgan fingerprint density at radius 1 is 0.889 bits per heavy atom. The van der Waals surface area contributed by atoms with E-state index in [1.165, 1.54) is 0 Å². The first kappa shape index (κ1) is 17.3. The first-order valence-corrected chi connectivity index (χ1v) is 9.01. The van der Waals surface area contributed by atoms with Crippen LogP contribution in [0.2, 0.25) is 5.02 Å². The van der Waals surface area contributed by atoms with Crippen LogP contribution in [-0.2, 0) is 6.54 Å². The van der Waals surface area contributed by atoms with Gasteiger partial charge in [-0.15, -0.1) is 0 Å². The Hall–Kier alpha value is -3.11. The topological polar surface area (TPSA) is 47.0 Å². The van der Waals surface area contributed by atoms with Crippen LogP contribution in [0.25, 0.3) is 22.3 Å². The lowest BCUT2D eigenvalue weighted by Gasteiger charge is -2.13. The van der Waals surface area contributed by atoms with Gasteiger partial charge in [-0.1, -0.05) is 41.9 Å². The van der Waals surface area contributed by atoms with Gasteiger partial charge in [0.05, 0.1) is 12.6 Å². The molecule has 0 spiro atoms. The number of benzene rings is 3. The van der Waals surface area contributed by atoms with Crippen LogP contribution in [0, 0.1) is 0 Å². The summed E-state index contributed by atoms with van der Waals surface area (Å²) >= 11 is 6.01. The van der Waals surface area contributed by atoms with Gasteiger partial charge in [0, 0.05) is 28.1 Å². The quantitative estimate of drug-likeness (QED) is 0.495. The summed E-state index contributed by atoms with van der Waals surface area (Å²) < 4.78 is 5.44. The monoisotopic (exact) mass is 375 g/mol. The van der Waals surface area contributed by atoms with Gasteiger partial charge in [-0.3, -0.25) is 0 Å². The van der Waals surface area contributed by atoms with Crippen LogP contribution in [0.1, 0.15) is 5.56 Å². The van der Waals surface area contributed by atoms with Crippen molar-refractivity contribution in [3.8, 4) is 17.1 Å². The number of hydrogen-bond donors (Lipinski definition) is 1. The molecule has 4 nitrogen and oxygen atoms in total. The van der Waals surface area contributed by atoms with Crippen molar-refractivity contribution in [2.45, 2.75) is 6.54 Å². The third-order valence-electron chi connectivity index (χ3n) is 4.34. The lowest BCUT2D eigenvalue weighted by atomic mass is 10.1. The molecule has 0 amide bonds. The number of aromatic nitrogens is 2. The summed E-state index contributed by atoms with van der Waals surface area (Å²) in [4.78, 5) is 9.47. The van der Waals surface area contributed by atoms with Crippen LogP contribution in [-0.4, -0.2) is 17.1 Å². The Morgan fingerprint density at radius 2 is 1.63 bits per heavy atom. The number of hydrogen-bond acceptors (Lipinski definition) is 4. The average molecular weight is 376 g/mol. The second-order valence-corrected chi connectivity index (χ2v) is 6.52. The third-order valence-corrected chi connectivity index (χ3v) is 4.60. The molecule has 0 radical (unpaired) electrons. The summed E-state index contributed by atoms with van der Waals surface area (Å²) in [5.74, 6) is 2.30. The number of anilines is 1. The molecule has 3 aromatic carbocycles. The number of fused-ring (bicyclic) bond motifs is 1. The molecule has 27 heavy (non-hydrogen) atoms. The van der Waals surface area contributed by atoms with Crippen molar-refractivity contribution in [2.75, 3.05) is 12.4 Å². The zero-order chi connectivity index (χ0) is 18.6. The number of methoxy groups -OCH3 is 1. The van der Waals surface area contributed by atoms with E-state index < -0.39 is 0 Å². The maximum atomic E-state index is 6.01. The smallest absolute Gasteiger partial charge is 0.162 e. The fourth-order valence-corrected chi connectivity index (χ4v) is 3.09. The Balaban J connectivity index is 1.73. The molecule has 0 aliphatic heterocycles. The van der Waals surface area contributed by atoms with Gasteiger partial charge in [-0.05, 0) is 42.5 Å². The summed E-state index contributed by atoms with van der Waals surface area (Å²) in [6.45, 7) is 0.602. The van der Waals surface area contributed by atoms with Crippen molar-refractivity contribution in [2.24, 2.45) is 0 Å². The molecule has 0 aliphatic carbocycles. The molecule has 4 rings (SSSR count). The molecule has 134 valence electrons. The highest BCUT2D eigenvalue weighted by molar-refractivity contribution is 6.30. The molecule has 4 aromatic rings. The summed E-state index contributed by atoms with van der Waals surface area (Å²) in [5.41, 5.74) is 2.88. The van der Waals surface area contributed by atoms with E-state index in [2.05, 4.69) is 5.32 Å². The lowest BCUT2D eigenvalue weighted by Crippen LogP contribution is -2.05. The highest BCUT2D eigenvalue weighted by atomic mass is 35.5. The van der Waals surface area contributed by atoms with Gasteiger partial charge < -0.3 is 10.1 Å². The predicted molar refractivity (Wildman–Crippen MR) is 110 cm³/mol. The van der Waals surface area contributed by atoms with E-state index >= 15 is 0 Å². The molecule has 1 heterocycles. The largest absolute Gasteiger partial charge is 0.496 e. The highest BCUT2D eigenvalue weighted by Gasteiger charge is 2.10. The molecule has 0 unspecified atom stereocenters. The molecular formula is C22H18ClN3O. The molecule has 0 saturated carbocycles. The van der Waals surface area contributed by atoms with Crippen LogP contribution >= 0.6 is 11.6 Å². The van der Waals surface area contributed by atoms with E-state index in [9.17, 15) is 0 Å². The number of rotatable bonds is 5. The molecule has 1 N–H and O–H groups in total. The Morgan fingerprint density at radius 3 is 2.44 bits per heavy atom. The summed E-state index contributed by atoms with van der Waals surface area (Å²) in [6, 6.07) is 23.5. The van der Waals surface area contributed by atoms with Crippen LogP contribution in [0.4, 0.5) is 5.82 Å². The Bertz CT molecular complexity index is 1080. The first-order valence-electron chi connectivity index (χ1n) is 8.63. The van der Waals surface area contributed by atoms with Gasteiger partial charge in [0.2, 0.25) is 0 Å². The maximum Gasteiger partial charge on any atom is 0.162 e. The van der Waals surface area contributed by atoms with Gasteiger partial charge in [-0.25, -0.2) is 9.97 Å². The van der Waals surface area contributed by atoms with Crippen molar-refractivity contribution < 1.29 is 4.74 Å². The van der Waals surface area contributed by atoms with E-state index in [-0.39, 0.29) is 0 Å². The molecule has 5 heteroatoms. The third kappa shape index (κ3) is 3.71. The van der Waals surface area contributed by atoms with Crippen molar-refractivity contribution >= 4 is 28.3 Å². The molecule has 0 bridgehead atoms. The number of nitrogens with one attached hydrogen (secondary N) is 1. The minimum absolute atomic E-state index is 0.602. The zero-order valence-corrected chi connectivity index (χ0v) is 15.6. The van der Waals surface area contributed by atoms with Crippen molar-refractivity contribution in [1.29, 1.82) is 0 Å². The van der Waals surface area contributed by atoms with Crippen LogP contribution in [0.3, 0.4) is 0 Å². The standard InChI is InChI=1S/C22H18ClN3O/c1-27-20-9-5-2-6-16(20)14-24-22-18-7-3-4-8-19(18)25-21(26-22)15-10-12-17(23)13-11-15/h2-13H,14H2,1H3,(H,24,25,26). The second-order valence-electron chi connectivity index (χ2n) is 6.09. The maximum absolute atomic E-state index is 6.01. The molecule has 0 atom stereocenters. The van der Waals surface area contributed by atoms with Crippen LogP contribution in [0.5, 0.6) is 5.75 Å². The van der Waals surface area contributed by atoms with E-state index in [1.807, 2.05) is 72.8 Å². The van der Waals surface area contributed by atoms with Gasteiger partial charge in [0.25, 0.3) is 0 Å². The summed E-state index contributed by atoms with van der Waals surface area (Å²) in [7, 11) is 1.68. The SMILES string of the molecule is COc1ccccc1CNc1nc(-c2ccc(Cl)cc2)nc2ccccc12. The minimum Gasteiger partial charge on any atom is -0.496 e. The number of ether oxygens (including phenoxy) is 1. The molecule has 0 saturated heterocycles. The Labute approximate surface area is 162 Å². The first-order chi connectivity index (χ1) is 13.2. The molecule has 1 aromatic heterocycles. The van der Waals surface area contributed by atoms with Gasteiger partial charge in [-0.2, -0.15) is 0 Å². The van der Waals surface area contributed by atoms with E-state index in [4.69, 9.17) is 26.3 Å². The van der Waals surface area contributed by atoms with Gasteiger partial charge >= 0.3 is 0 Å². The fraction of sp³-hybridized carbons (Fsp3) is 0.0909. The average Bonchev–Trinajstić information content (AvgIpc) is 2.72. The van der Waals surface area contributed by atoms with Gasteiger partial charge in [0.1, 0.15) is 11.6 Å². The van der Waals surface area contributed by atoms with E-state index in [1.54, 1.807) is 7.11 Å². The fourth-order valence-electron chi connectivity index (χ4n) is 2.97. The molecule has 0 fully saturated rings. The number of nitrogens with zero attached hydrogens (tertiary/aromatic N) is 2. The van der Waals surface area contributed by atoms with E-state index in [0.717, 1.165) is 33.6 Å². The minimum atomic E-state index is 0.602. The number of halogens is 1. The van der Waals surface area contributed by atoms with Gasteiger partial charge in [0.15, 0.2) is 5.82 Å². The summed E-state index contributed by atoms with van der Waals surface area (Å²) in [5, 5.41) is 5.11. The van der Waals surface area contributed by atoms with Crippen molar-refractivity contribution in [3.05, 3.63) is 83.4 Å². The van der Waals surface area contributed by atoms with Crippen LogP contribution < -0.4 is 10.1 Å². The second kappa shape index (κ2) is 7.64. The highest BCUT2D eigenvalue weighted by Crippen LogP contribution is 2.27. The Kier molecular flexibility index (Phi) is 4.90. The molecule has 0 aliphatic rings. The van der Waals surface area contributed by atoms with Crippen molar-refractivity contribution in [3.63, 3.8) is 0 Å². The van der Waals surface area contributed by atoms with Crippen LogP contribution in [0.15, 0.2) is 72.8 Å². The summed E-state index contributed by atoms with van der Waals surface area (Å²) in [6.07, 6.45) is 0. The predicted octanol–water partition coefficient (Wildman–Crippen LogP) is 5.57.